The van der Waals surface area contributed by atoms with Crippen molar-refractivity contribution < 1.29 is 9.90 Å². The first-order chi connectivity index (χ1) is 6.59. The van der Waals surface area contributed by atoms with Crippen LogP contribution < -0.4 is 0 Å². The number of benzene rings is 1. The van der Waals surface area contributed by atoms with Crippen LogP contribution in [0.15, 0.2) is 22.8 Å². The van der Waals surface area contributed by atoms with Crippen LogP contribution in [0.2, 0.25) is 0 Å². The fraction of sp³-hybridized carbons (Fsp3) is 0.111. The van der Waals surface area contributed by atoms with Crippen LogP contribution in [0.25, 0.3) is 10.9 Å². The zero-order valence-corrected chi connectivity index (χ0v) is 8.95. The molecular formula is C9H7BrN2O2. The first-order valence-electron chi connectivity index (χ1n) is 3.97. The summed E-state index contributed by atoms with van der Waals surface area (Å²) in [5, 5.41) is 13.4. The molecule has 0 fully saturated rings. The Balaban J connectivity index is 2.80. The minimum Gasteiger partial charge on any atom is -0.463 e. The zero-order chi connectivity index (χ0) is 10.3. The molecule has 0 bridgehead atoms. The molecule has 5 heteroatoms. The third-order valence-corrected chi connectivity index (χ3v) is 2.88. The monoisotopic (exact) mass is 254 g/mol. The number of carboxylic acid groups (broad SMARTS) is 1. The van der Waals surface area contributed by atoms with Gasteiger partial charge < -0.3 is 5.11 Å². The van der Waals surface area contributed by atoms with Crippen LogP contribution in [0.3, 0.4) is 0 Å². The topological polar surface area (TPSA) is 55.1 Å². The van der Waals surface area contributed by atoms with Gasteiger partial charge in [0.15, 0.2) is 0 Å². The zero-order valence-electron chi connectivity index (χ0n) is 7.36. The standard InChI is InChI=1S/C9H7BrN2O2/c1-5-2-8-6(3-7(5)10)4-11-12(8)9(13)14/h2-4H,1H3,(H,13,14). The van der Waals surface area contributed by atoms with E-state index in [1.54, 1.807) is 6.07 Å². The predicted molar refractivity (Wildman–Crippen MR) is 55.6 cm³/mol. The van der Waals surface area contributed by atoms with E-state index in [1.165, 1.54) is 6.20 Å². The number of halogens is 1. The van der Waals surface area contributed by atoms with E-state index in [0.717, 1.165) is 20.1 Å². The van der Waals surface area contributed by atoms with Crippen LogP contribution in [-0.2, 0) is 0 Å². The van der Waals surface area contributed by atoms with Crippen LogP contribution in [-0.4, -0.2) is 21.0 Å². The van der Waals surface area contributed by atoms with Crippen LogP contribution in [0.4, 0.5) is 4.79 Å². The molecule has 1 heterocycles. The van der Waals surface area contributed by atoms with Crippen LogP contribution >= 0.6 is 15.9 Å². The van der Waals surface area contributed by atoms with Gasteiger partial charge >= 0.3 is 6.09 Å². The predicted octanol–water partition coefficient (Wildman–Crippen LogP) is 2.63. The Morgan fingerprint density at radius 1 is 1.57 bits per heavy atom. The van der Waals surface area contributed by atoms with Gasteiger partial charge in [0, 0.05) is 9.86 Å². The van der Waals surface area contributed by atoms with Crippen molar-refractivity contribution in [2.45, 2.75) is 6.92 Å². The molecule has 0 saturated carbocycles. The summed E-state index contributed by atoms with van der Waals surface area (Å²) in [6.07, 6.45) is 0.468. The van der Waals surface area contributed by atoms with Crippen molar-refractivity contribution in [3.8, 4) is 0 Å². The SMILES string of the molecule is Cc1cc2c(cnn2C(=O)O)cc1Br. The third kappa shape index (κ3) is 1.29. The second kappa shape index (κ2) is 3.09. The van der Waals surface area contributed by atoms with Gasteiger partial charge in [0.1, 0.15) is 0 Å². The van der Waals surface area contributed by atoms with E-state index >= 15 is 0 Å². The van der Waals surface area contributed by atoms with Crippen molar-refractivity contribution >= 4 is 32.9 Å². The molecule has 1 N–H and O–H groups in total. The van der Waals surface area contributed by atoms with Crippen LogP contribution in [0, 0.1) is 6.92 Å². The maximum absolute atomic E-state index is 10.8. The number of aryl methyl sites for hydroxylation is 1. The lowest BCUT2D eigenvalue weighted by Crippen LogP contribution is -2.08. The van der Waals surface area contributed by atoms with Gasteiger partial charge in [-0.25, -0.2) is 4.79 Å². The fourth-order valence-electron chi connectivity index (χ4n) is 1.30. The summed E-state index contributed by atoms with van der Waals surface area (Å²) in [6, 6.07) is 3.65. The minimum absolute atomic E-state index is 0.609. The van der Waals surface area contributed by atoms with E-state index in [2.05, 4.69) is 21.0 Å². The third-order valence-electron chi connectivity index (χ3n) is 2.03. The number of aromatic nitrogens is 2. The first kappa shape index (κ1) is 9.21. The van der Waals surface area contributed by atoms with Gasteiger partial charge in [-0.1, -0.05) is 15.9 Å². The van der Waals surface area contributed by atoms with Crippen LogP contribution in [0.1, 0.15) is 5.56 Å². The average molecular weight is 255 g/mol. The molecule has 1 aromatic heterocycles. The summed E-state index contributed by atoms with van der Waals surface area (Å²) < 4.78 is 1.92. The minimum atomic E-state index is -1.07. The average Bonchev–Trinajstić information content (AvgIpc) is 2.48. The van der Waals surface area contributed by atoms with E-state index in [4.69, 9.17) is 5.11 Å². The molecule has 0 unspecified atom stereocenters. The highest BCUT2D eigenvalue weighted by Gasteiger charge is 2.09. The van der Waals surface area contributed by atoms with Crippen LogP contribution in [0.5, 0.6) is 0 Å². The van der Waals surface area contributed by atoms with Gasteiger partial charge in [-0.3, -0.25) is 0 Å². The van der Waals surface area contributed by atoms with Crippen molar-refractivity contribution in [3.05, 3.63) is 28.4 Å². The molecular weight excluding hydrogens is 248 g/mol. The first-order valence-corrected chi connectivity index (χ1v) is 4.76. The maximum atomic E-state index is 10.8. The fourth-order valence-corrected chi connectivity index (χ4v) is 1.66. The number of fused-ring (bicyclic) bond motifs is 1. The lowest BCUT2D eigenvalue weighted by atomic mass is 10.2. The Morgan fingerprint density at radius 3 is 2.93 bits per heavy atom. The maximum Gasteiger partial charge on any atom is 0.432 e. The Bertz CT molecular complexity index is 519. The molecule has 0 amide bonds. The number of carbonyl (C=O) groups is 1. The van der Waals surface area contributed by atoms with Gasteiger partial charge in [0.05, 0.1) is 11.7 Å². The largest absolute Gasteiger partial charge is 0.463 e. The van der Waals surface area contributed by atoms with Gasteiger partial charge in [-0.05, 0) is 24.6 Å². The van der Waals surface area contributed by atoms with E-state index in [0.29, 0.717) is 5.52 Å². The summed E-state index contributed by atoms with van der Waals surface area (Å²) >= 11 is 3.38. The van der Waals surface area contributed by atoms with E-state index in [-0.39, 0.29) is 0 Å². The molecule has 4 nitrogen and oxygen atoms in total. The van der Waals surface area contributed by atoms with Gasteiger partial charge in [-0.2, -0.15) is 9.78 Å². The molecule has 0 radical (unpaired) electrons. The summed E-state index contributed by atoms with van der Waals surface area (Å²) in [5.74, 6) is 0. The summed E-state index contributed by atoms with van der Waals surface area (Å²) in [7, 11) is 0. The van der Waals surface area contributed by atoms with Crippen molar-refractivity contribution in [1.82, 2.24) is 9.78 Å². The normalized spacial score (nSPS) is 10.7. The summed E-state index contributed by atoms with van der Waals surface area (Å²) in [6.45, 7) is 1.91. The van der Waals surface area contributed by atoms with Crippen molar-refractivity contribution in [3.63, 3.8) is 0 Å². The molecule has 0 aliphatic heterocycles. The summed E-state index contributed by atoms with van der Waals surface area (Å²) in [5.41, 5.74) is 1.60. The van der Waals surface area contributed by atoms with E-state index < -0.39 is 6.09 Å². The molecule has 2 rings (SSSR count). The molecule has 0 saturated heterocycles. The van der Waals surface area contributed by atoms with E-state index in [9.17, 15) is 4.79 Å². The molecule has 0 atom stereocenters. The quantitative estimate of drug-likeness (QED) is 0.787. The molecule has 14 heavy (non-hydrogen) atoms. The Labute approximate surface area is 88.3 Å². The molecule has 0 aliphatic rings. The lowest BCUT2D eigenvalue weighted by molar-refractivity contribution is 0.194. The second-order valence-electron chi connectivity index (χ2n) is 3.00. The molecule has 72 valence electrons. The number of rotatable bonds is 0. The van der Waals surface area contributed by atoms with Gasteiger partial charge in [-0.15, -0.1) is 0 Å². The smallest absolute Gasteiger partial charge is 0.432 e. The summed E-state index contributed by atoms with van der Waals surface area (Å²) in [4.78, 5) is 10.8. The van der Waals surface area contributed by atoms with Gasteiger partial charge in [0.2, 0.25) is 0 Å². The Morgan fingerprint density at radius 2 is 2.29 bits per heavy atom. The van der Waals surface area contributed by atoms with Crippen molar-refractivity contribution in [2.24, 2.45) is 0 Å². The highest BCUT2D eigenvalue weighted by molar-refractivity contribution is 9.10. The number of hydrogen-bond donors (Lipinski definition) is 1. The van der Waals surface area contributed by atoms with E-state index in [1.807, 2.05) is 13.0 Å². The van der Waals surface area contributed by atoms with Gasteiger partial charge in [0.25, 0.3) is 0 Å². The Hall–Kier alpha value is -1.36. The lowest BCUT2D eigenvalue weighted by Gasteiger charge is -1.99. The Kier molecular flexibility index (Phi) is 2.03. The molecule has 1 aromatic carbocycles. The molecule has 2 aromatic rings. The highest BCUT2D eigenvalue weighted by Crippen LogP contribution is 2.23. The number of nitrogens with zero attached hydrogens (tertiary/aromatic N) is 2. The second-order valence-corrected chi connectivity index (χ2v) is 3.85. The molecule has 0 spiro atoms. The highest BCUT2D eigenvalue weighted by atomic mass is 79.9. The molecule has 0 aliphatic carbocycles. The van der Waals surface area contributed by atoms with Crippen molar-refractivity contribution in [2.75, 3.05) is 0 Å². The number of hydrogen-bond acceptors (Lipinski definition) is 2. The van der Waals surface area contributed by atoms with Crippen molar-refractivity contribution in [1.29, 1.82) is 0 Å².